The third-order valence-corrected chi connectivity index (χ3v) is 5.46. The van der Waals surface area contributed by atoms with Gasteiger partial charge in [0.05, 0.1) is 35.4 Å². The van der Waals surface area contributed by atoms with Crippen LogP contribution in [0.4, 0.5) is 0 Å². The van der Waals surface area contributed by atoms with Crippen molar-refractivity contribution in [3.8, 4) is 16.3 Å². The van der Waals surface area contributed by atoms with Crippen molar-refractivity contribution in [2.45, 2.75) is 13.5 Å². The van der Waals surface area contributed by atoms with Gasteiger partial charge in [0.2, 0.25) is 0 Å². The van der Waals surface area contributed by atoms with E-state index in [2.05, 4.69) is 15.5 Å². The lowest BCUT2D eigenvalue weighted by molar-refractivity contribution is -0.125. The Morgan fingerprint density at radius 3 is 2.78 bits per heavy atom. The van der Waals surface area contributed by atoms with Crippen LogP contribution in [0.25, 0.3) is 10.6 Å². The summed E-state index contributed by atoms with van der Waals surface area (Å²) >= 11 is 3.25. The monoisotopic (exact) mass is 401 g/mol. The Morgan fingerprint density at radius 1 is 1.26 bits per heavy atom. The molecular formula is C19H19N3O3S2. The van der Waals surface area contributed by atoms with E-state index in [-0.39, 0.29) is 12.5 Å². The predicted molar refractivity (Wildman–Crippen MR) is 109 cm³/mol. The fourth-order valence-electron chi connectivity index (χ4n) is 2.21. The number of hydrogen-bond donors (Lipinski definition) is 1. The van der Waals surface area contributed by atoms with Crippen LogP contribution in [0, 0.1) is 6.92 Å². The molecule has 0 aliphatic rings. The number of aryl methyl sites for hydroxylation is 1. The van der Waals surface area contributed by atoms with Crippen molar-refractivity contribution in [1.82, 2.24) is 10.3 Å². The second-order valence-corrected chi connectivity index (χ2v) is 7.81. The summed E-state index contributed by atoms with van der Waals surface area (Å²) in [5.41, 5.74) is 1.84. The number of hydrogen-bond acceptors (Lipinski definition) is 7. The molecule has 0 saturated heterocycles. The van der Waals surface area contributed by atoms with Crippen LogP contribution in [-0.4, -0.2) is 30.8 Å². The second-order valence-electron chi connectivity index (χ2n) is 5.58. The van der Waals surface area contributed by atoms with Gasteiger partial charge >= 0.3 is 0 Å². The van der Waals surface area contributed by atoms with E-state index in [1.807, 2.05) is 48.7 Å². The first-order valence-corrected chi connectivity index (χ1v) is 9.91. The van der Waals surface area contributed by atoms with E-state index < -0.39 is 0 Å². The summed E-state index contributed by atoms with van der Waals surface area (Å²) in [6.45, 7) is 2.31. The number of thiophene rings is 1. The van der Waals surface area contributed by atoms with E-state index in [1.165, 1.54) is 0 Å². The van der Waals surface area contributed by atoms with Crippen LogP contribution >= 0.6 is 22.7 Å². The molecule has 0 fully saturated rings. The fourth-order valence-corrected chi connectivity index (χ4v) is 3.80. The molecule has 0 radical (unpaired) electrons. The molecule has 1 aromatic carbocycles. The number of rotatable bonds is 8. The van der Waals surface area contributed by atoms with Gasteiger partial charge in [0.15, 0.2) is 6.61 Å². The van der Waals surface area contributed by atoms with Crippen LogP contribution in [0.5, 0.6) is 5.75 Å². The molecule has 27 heavy (non-hydrogen) atoms. The molecule has 0 aliphatic carbocycles. The molecule has 6 nitrogen and oxygen atoms in total. The van der Waals surface area contributed by atoms with Gasteiger partial charge < -0.3 is 14.9 Å². The molecule has 2 aromatic heterocycles. The Hall–Kier alpha value is -2.71. The first-order chi connectivity index (χ1) is 13.1. The van der Waals surface area contributed by atoms with Gasteiger partial charge in [-0.1, -0.05) is 5.16 Å². The smallest absolute Gasteiger partial charge is 0.261 e. The van der Waals surface area contributed by atoms with Crippen molar-refractivity contribution >= 4 is 34.8 Å². The van der Waals surface area contributed by atoms with E-state index in [0.29, 0.717) is 6.54 Å². The Morgan fingerprint density at radius 2 is 2.07 bits per heavy atom. The van der Waals surface area contributed by atoms with Gasteiger partial charge in [-0.2, -0.15) is 0 Å². The fraction of sp³-hybridized carbons (Fsp3) is 0.211. The number of aromatic nitrogens is 1. The summed E-state index contributed by atoms with van der Waals surface area (Å²) in [7, 11) is 1.61. The normalized spacial score (nSPS) is 10.9. The molecule has 8 heteroatoms. The van der Waals surface area contributed by atoms with Gasteiger partial charge in [0, 0.05) is 10.3 Å². The number of methoxy groups -OCH3 is 1. The molecule has 1 N–H and O–H groups in total. The van der Waals surface area contributed by atoms with E-state index >= 15 is 0 Å². The molecule has 0 aliphatic heterocycles. The second kappa shape index (κ2) is 9.29. The Bertz CT molecular complexity index is 916. The molecule has 140 valence electrons. The first kappa shape index (κ1) is 19.1. The van der Waals surface area contributed by atoms with E-state index in [1.54, 1.807) is 36.0 Å². The van der Waals surface area contributed by atoms with Gasteiger partial charge in [-0.3, -0.25) is 4.79 Å². The summed E-state index contributed by atoms with van der Waals surface area (Å²) in [4.78, 5) is 23.5. The summed E-state index contributed by atoms with van der Waals surface area (Å²) in [5.74, 6) is 0.551. The molecular weight excluding hydrogens is 382 g/mol. The lowest BCUT2D eigenvalue weighted by atomic mass is 10.2. The van der Waals surface area contributed by atoms with Gasteiger partial charge in [-0.15, -0.1) is 22.7 Å². The minimum absolute atomic E-state index is 0.129. The summed E-state index contributed by atoms with van der Waals surface area (Å²) < 4.78 is 5.09. The highest BCUT2D eigenvalue weighted by Gasteiger charge is 2.07. The number of nitrogens with one attached hydrogen (secondary N) is 1. The van der Waals surface area contributed by atoms with E-state index in [9.17, 15) is 4.79 Å². The number of thiazole rings is 1. The molecule has 3 rings (SSSR count). The lowest BCUT2D eigenvalue weighted by Crippen LogP contribution is -2.26. The van der Waals surface area contributed by atoms with Crippen molar-refractivity contribution in [2.75, 3.05) is 13.7 Å². The van der Waals surface area contributed by atoms with Gasteiger partial charge in [-0.05, 0) is 48.9 Å². The average molecular weight is 402 g/mol. The van der Waals surface area contributed by atoms with Gasteiger partial charge in [0.25, 0.3) is 5.91 Å². The van der Waals surface area contributed by atoms with Gasteiger partial charge in [0.1, 0.15) is 5.75 Å². The van der Waals surface area contributed by atoms with Crippen LogP contribution in [0.1, 0.15) is 15.4 Å². The average Bonchev–Trinajstić information content (AvgIpc) is 3.33. The third kappa shape index (κ3) is 5.63. The number of oxime groups is 1. The standard InChI is InChI=1S/C19H19N3O3S2/c1-13-22-17(12-26-13)18-8-7-16(27-18)10-20-19(23)11-25-21-9-14-3-5-15(24-2)6-4-14/h3-9,12H,10-11H2,1-2H3,(H,20,23)/b21-9-. The minimum atomic E-state index is -0.221. The van der Waals surface area contributed by atoms with Crippen LogP contribution in [0.2, 0.25) is 0 Å². The summed E-state index contributed by atoms with van der Waals surface area (Å²) in [6.07, 6.45) is 1.55. The molecule has 1 amide bonds. The largest absolute Gasteiger partial charge is 0.497 e. The SMILES string of the molecule is COc1ccc(/C=N\OCC(=O)NCc2ccc(-c3csc(C)n3)s2)cc1. The zero-order valence-corrected chi connectivity index (χ0v) is 16.6. The number of carbonyl (C=O) groups is 1. The molecule has 0 unspecified atom stereocenters. The van der Waals surface area contributed by atoms with Crippen LogP contribution in [-0.2, 0) is 16.2 Å². The summed E-state index contributed by atoms with van der Waals surface area (Å²) in [5, 5.41) is 9.71. The number of amides is 1. The third-order valence-electron chi connectivity index (χ3n) is 3.58. The number of ether oxygens (including phenoxy) is 1. The maximum absolute atomic E-state index is 11.9. The molecule has 2 heterocycles. The zero-order valence-electron chi connectivity index (χ0n) is 15.0. The van der Waals surface area contributed by atoms with Crippen LogP contribution in [0.3, 0.4) is 0 Å². The molecule has 0 saturated carbocycles. The van der Waals surface area contributed by atoms with Crippen molar-refractivity contribution in [3.05, 3.63) is 57.2 Å². The highest BCUT2D eigenvalue weighted by atomic mass is 32.1. The molecule has 0 bridgehead atoms. The lowest BCUT2D eigenvalue weighted by Gasteiger charge is -2.02. The predicted octanol–water partition coefficient (Wildman–Crippen LogP) is 3.86. The quantitative estimate of drug-likeness (QED) is 0.460. The molecule has 0 atom stereocenters. The Kier molecular flexibility index (Phi) is 6.56. The van der Waals surface area contributed by atoms with Gasteiger partial charge in [-0.25, -0.2) is 4.98 Å². The first-order valence-electron chi connectivity index (χ1n) is 8.21. The van der Waals surface area contributed by atoms with Crippen molar-refractivity contribution in [1.29, 1.82) is 0 Å². The van der Waals surface area contributed by atoms with Crippen molar-refractivity contribution in [3.63, 3.8) is 0 Å². The topological polar surface area (TPSA) is 72.8 Å². The minimum Gasteiger partial charge on any atom is -0.497 e. The van der Waals surface area contributed by atoms with Crippen molar-refractivity contribution in [2.24, 2.45) is 5.16 Å². The summed E-state index contributed by atoms with van der Waals surface area (Å²) in [6, 6.07) is 11.4. The maximum Gasteiger partial charge on any atom is 0.261 e. The molecule has 0 spiro atoms. The van der Waals surface area contributed by atoms with Crippen LogP contribution in [0.15, 0.2) is 46.9 Å². The maximum atomic E-state index is 11.9. The van der Waals surface area contributed by atoms with E-state index in [4.69, 9.17) is 9.57 Å². The Balaban J connectivity index is 1.40. The number of carbonyl (C=O) groups excluding carboxylic acids is 1. The van der Waals surface area contributed by atoms with Crippen molar-refractivity contribution < 1.29 is 14.4 Å². The Labute approximate surface area is 165 Å². The number of benzene rings is 1. The van der Waals surface area contributed by atoms with Crippen LogP contribution < -0.4 is 10.1 Å². The molecule has 3 aromatic rings. The zero-order chi connectivity index (χ0) is 19.1. The van der Waals surface area contributed by atoms with E-state index in [0.717, 1.165) is 31.8 Å². The number of nitrogens with zero attached hydrogens (tertiary/aromatic N) is 2. The highest BCUT2D eigenvalue weighted by molar-refractivity contribution is 7.16. The highest BCUT2D eigenvalue weighted by Crippen LogP contribution is 2.28.